The number of nitrogens with zero attached hydrogens (tertiary/aromatic N) is 7. The lowest BCUT2D eigenvalue weighted by molar-refractivity contribution is -0.141. The van der Waals surface area contributed by atoms with E-state index < -0.39 is 23.5 Å². The van der Waals surface area contributed by atoms with E-state index in [0.717, 1.165) is 37.1 Å². The lowest BCUT2D eigenvalue weighted by Gasteiger charge is -2.34. The summed E-state index contributed by atoms with van der Waals surface area (Å²) in [6.45, 7) is 3.71. The van der Waals surface area contributed by atoms with Crippen molar-refractivity contribution >= 4 is 11.0 Å². The van der Waals surface area contributed by atoms with E-state index in [2.05, 4.69) is 30.0 Å². The number of pyridine rings is 1. The number of halogens is 3. The number of hydrogen-bond donors (Lipinski definition) is 1. The zero-order chi connectivity index (χ0) is 25.6. The van der Waals surface area contributed by atoms with E-state index in [1.165, 1.54) is 10.7 Å². The van der Waals surface area contributed by atoms with Gasteiger partial charge < -0.3 is 4.98 Å². The summed E-state index contributed by atoms with van der Waals surface area (Å²) in [5.41, 5.74) is 0.0203. The number of nitriles is 1. The summed E-state index contributed by atoms with van der Waals surface area (Å²) < 4.78 is 40.2. The van der Waals surface area contributed by atoms with Gasteiger partial charge in [-0.15, -0.1) is 0 Å². The van der Waals surface area contributed by atoms with Gasteiger partial charge in [0.15, 0.2) is 11.3 Å². The fourth-order valence-corrected chi connectivity index (χ4v) is 4.42. The zero-order valence-electron chi connectivity index (χ0n) is 19.4. The molecule has 12 heteroatoms. The first-order valence-electron chi connectivity index (χ1n) is 11.5. The Balaban J connectivity index is 1.54. The van der Waals surface area contributed by atoms with Crippen LogP contribution in [0.3, 0.4) is 0 Å². The van der Waals surface area contributed by atoms with Gasteiger partial charge in [0.1, 0.15) is 28.8 Å². The SMILES string of the molecule is CCc1cnc([C@H]2CC[C@@H]2c2nc3c(c(C#N)nn3[C@H](C)c3ccc(C(F)(F)F)nc3)c(=O)[nH]2)nc1. The van der Waals surface area contributed by atoms with Gasteiger partial charge in [-0.05, 0) is 43.4 Å². The Hall–Kier alpha value is -4.14. The highest BCUT2D eigenvalue weighted by Crippen LogP contribution is 2.46. The minimum atomic E-state index is -4.56. The summed E-state index contributed by atoms with van der Waals surface area (Å²) >= 11 is 0. The van der Waals surface area contributed by atoms with Gasteiger partial charge in [0.25, 0.3) is 5.56 Å². The number of rotatable bonds is 5. The molecule has 0 unspecified atom stereocenters. The number of aromatic nitrogens is 7. The van der Waals surface area contributed by atoms with Gasteiger partial charge in [0, 0.05) is 30.4 Å². The van der Waals surface area contributed by atoms with E-state index in [-0.39, 0.29) is 28.6 Å². The van der Waals surface area contributed by atoms with E-state index in [0.29, 0.717) is 17.2 Å². The van der Waals surface area contributed by atoms with Crippen LogP contribution in [0.25, 0.3) is 11.0 Å². The second-order valence-electron chi connectivity index (χ2n) is 8.80. The molecular weight excluding hydrogens is 473 g/mol. The molecule has 1 fully saturated rings. The molecule has 0 spiro atoms. The predicted octanol–water partition coefficient (Wildman–Crippen LogP) is 4.03. The highest BCUT2D eigenvalue weighted by Gasteiger charge is 2.38. The minimum Gasteiger partial charge on any atom is -0.310 e. The van der Waals surface area contributed by atoms with Crippen LogP contribution in [0.1, 0.15) is 78.7 Å². The van der Waals surface area contributed by atoms with Gasteiger partial charge in [-0.1, -0.05) is 13.0 Å². The van der Waals surface area contributed by atoms with Gasteiger partial charge in [0.05, 0.1) is 6.04 Å². The molecular formula is C24H21F3N8O. The molecule has 36 heavy (non-hydrogen) atoms. The van der Waals surface area contributed by atoms with E-state index >= 15 is 0 Å². The second-order valence-corrected chi connectivity index (χ2v) is 8.80. The first-order chi connectivity index (χ1) is 17.2. The molecule has 1 N–H and O–H groups in total. The van der Waals surface area contributed by atoms with Crippen LogP contribution in [0, 0.1) is 11.3 Å². The number of H-pyrrole nitrogens is 1. The molecule has 1 saturated carbocycles. The third-order valence-corrected chi connectivity index (χ3v) is 6.70. The maximum absolute atomic E-state index is 13.0. The summed E-state index contributed by atoms with van der Waals surface area (Å²) in [5.74, 6) is 0.989. The van der Waals surface area contributed by atoms with Gasteiger partial charge in [0.2, 0.25) is 0 Å². The molecule has 4 heterocycles. The quantitative estimate of drug-likeness (QED) is 0.444. The summed E-state index contributed by atoms with van der Waals surface area (Å²) in [6.07, 6.45) is 2.59. The number of aryl methyl sites for hydroxylation is 1. The molecule has 0 aliphatic heterocycles. The highest BCUT2D eigenvalue weighted by atomic mass is 19.4. The van der Waals surface area contributed by atoms with E-state index in [1.807, 2.05) is 13.0 Å². The van der Waals surface area contributed by atoms with Crippen LogP contribution in [0.4, 0.5) is 13.2 Å². The number of nitrogens with one attached hydrogen (secondary N) is 1. The van der Waals surface area contributed by atoms with Crippen LogP contribution in [0.2, 0.25) is 0 Å². The fraction of sp³-hybridized carbons (Fsp3) is 0.375. The largest absolute Gasteiger partial charge is 0.433 e. The molecule has 0 radical (unpaired) electrons. The van der Waals surface area contributed by atoms with Crippen LogP contribution in [-0.2, 0) is 12.6 Å². The molecule has 0 aromatic carbocycles. The van der Waals surface area contributed by atoms with Crippen molar-refractivity contribution in [3.8, 4) is 6.07 Å². The molecule has 9 nitrogen and oxygen atoms in total. The third kappa shape index (κ3) is 4.00. The van der Waals surface area contributed by atoms with Crippen LogP contribution in [-0.4, -0.2) is 34.7 Å². The third-order valence-electron chi connectivity index (χ3n) is 6.70. The predicted molar refractivity (Wildman–Crippen MR) is 122 cm³/mol. The van der Waals surface area contributed by atoms with Crippen LogP contribution >= 0.6 is 0 Å². The molecule has 3 atom stereocenters. The van der Waals surface area contributed by atoms with Gasteiger partial charge >= 0.3 is 6.18 Å². The molecule has 0 saturated heterocycles. The van der Waals surface area contributed by atoms with Crippen molar-refractivity contribution in [3.05, 3.63) is 75.2 Å². The molecule has 4 aromatic heterocycles. The van der Waals surface area contributed by atoms with Crippen LogP contribution in [0.15, 0.2) is 35.5 Å². The van der Waals surface area contributed by atoms with Crippen molar-refractivity contribution in [2.45, 2.75) is 57.2 Å². The molecule has 1 aliphatic carbocycles. The van der Waals surface area contributed by atoms with E-state index in [9.17, 15) is 23.2 Å². The van der Waals surface area contributed by atoms with E-state index in [1.54, 1.807) is 19.3 Å². The second kappa shape index (κ2) is 8.82. The monoisotopic (exact) mass is 494 g/mol. The zero-order valence-corrected chi connectivity index (χ0v) is 19.4. The first kappa shape index (κ1) is 23.6. The number of alkyl halides is 3. The van der Waals surface area contributed by atoms with Crippen molar-refractivity contribution in [3.63, 3.8) is 0 Å². The van der Waals surface area contributed by atoms with Gasteiger partial charge in [-0.25, -0.2) is 19.6 Å². The molecule has 0 amide bonds. The normalized spacial score (nSPS) is 18.6. The maximum atomic E-state index is 13.0. The van der Waals surface area contributed by atoms with Gasteiger partial charge in [-0.2, -0.15) is 23.5 Å². The fourth-order valence-electron chi connectivity index (χ4n) is 4.42. The number of aromatic amines is 1. The Labute approximate surface area is 203 Å². The summed E-state index contributed by atoms with van der Waals surface area (Å²) in [4.78, 5) is 33.0. The first-order valence-corrected chi connectivity index (χ1v) is 11.5. The topological polar surface area (TPSA) is 126 Å². The van der Waals surface area contributed by atoms with Crippen molar-refractivity contribution in [2.24, 2.45) is 0 Å². The Kier molecular flexibility index (Phi) is 5.78. The molecule has 1 aliphatic rings. The smallest absolute Gasteiger partial charge is 0.310 e. The summed E-state index contributed by atoms with van der Waals surface area (Å²) in [6, 6.07) is 3.47. The molecule has 0 bridgehead atoms. The summed E-state index contributed by atoms with van der Waals surface area (Å²) in [7, 11) is 0. The Morgan fingerprint density at radius 1 is 1.17 bits per heavy atom. The summed E-state index contributed by atoms with van der Waals surface area (Å²) in [5, 5.41) is 13.9. The van der Waals surface area contributed by atoms with Crippen LogP contribution < -0.4 is 5.56 Å². The molecule has 184 valence electrons. The lowest BCUT2D eigenvalue weighted by Crippen LogP contribution is -2.28. The Morgan fingerprint density at radius 3 is 2.44 bits per heavy atom. The van der Waals surface area contributed by atoms with E-state index in [4.69, 9.17) is 0 Å². The average Bonchev–Trinajstić information content (AvgIpc) is 3.22. The standard InChI is InChI=1S/C24H21F3N8O/c1-3-13-9-30-20(31-10-13)15-5-6-16(15)21-32-22-19(23(36)33-21)17(8-28)34-35(22)12(2)14-4-7-18(29-11-14)24(25,26)27/h4,7,9-12,15-16H,3,5-6H2,1-2H3,(H,32,33,36)/t12-,15+,16+/m1/s1. The van der Waals surface area contributed by atoms with Crippen molar-refractivity contribution in [1.82, 2.24) is 34.7 Å². The number of fused-ring (bicyclic) bond motifs is 1. The van der Waals surface area contributed by atoms with Crippen LogP contribution in [0.5, 0.6) is 0 Å². The Morgan fingerprint density at radius 2 is 1.89 bits per heavy atom. The molecule has 4 aromatic rings. The maximum Gasteiger partial charge on any atom is 0.433 e. The van der Waals surface area contributed by atoms with Crippen molar-refractivity contribution in [1.29, 1.82) is 5.26 Å². The number of hydrogen-bond acceptors (Lipinski definition) is 7. The Bertz CT molecular complexity index is 1520. The molecule has 5 rings (SSSR count). The average molecular weight is 494 g/mol. The lowest BCUT2D eigenvalue weighted by atomic mass is 9.72. The minimum absolute atomic E-state index is 0.0140. The highest BCUT2D eigenvalue weighted by molar-refractivity contribution is 5.80. The van der Waals surface area contributed by atoms with Gasteiger partial charge in [-0.3, -0.25) is 9.78 Å². The van der Waals surface area contributed by atoms with Crippen molar-refractivity contribution < 1.29 is 13.2 Å². The van der Waals surface area contributed by atoms with Crippen molar-refractivity contribution in [2.75, 3.05) is 0 Å².